The number of benzene rings is 1. The number of ether oxygens (including phenoxy) is 1. The molecule has 0 N–H and O–H groups in total. The van der Waals surface area contributed by atoms with Gasteiger partial charge in [-0.2, -0.15) is 0 Å². The summed E-state index contributed by atoms with van der Waals surface area (Å²) in [7, 11) is 1.64. The fourth-order valence-electron chi connectivity index (χ4n) is 3.96. The standard InChI is InChI=1S/C23H26N4O2/c1-3-21-24-13-15-27(21)22-8-4-6-19(25-22)20-7-5-14-26(20)23(28)16-17-9-11-18(29-2)12-10-17/h4,6,8-13,15,20H,3,5,7,14,16H2,1-2H3/t20-/m0/s1. The fourth-order valence-corrected chi connectivity index (χ4v) is 3.96. The molecule has 0 radical (unpaired) electrons. The van der Waals surface area contributed by atoms with Gasteiger partial charge >= 0.3 is 0 Å². The molecule has 29 heavy (non-hydrogen) atoms. The van der Waals surface area contributed by atoms with E-state index in [9.17, 15) is 4.79 Å². The summed E-state index contributed by atoms with van der Waals surface area (Å²) in [5.74, 6) is 2.77. The Balaban J connectivity index is 1.53. The molecular weight excluding hydrogens is 364 g/mol. The van der Waals surface area contributed by atoms with Gasteiger partial charge in [0.1, 0.15) is 17.4 Å². The summed E-state index contributed by atoms with van der Waals surface area (Å²) in [5, 5.41) is 0. The van der Waals surface area contributed by atoms with Crippen LogP contribution in [0.3, 0.4) is 0 Å². The van der Waals surface area contributed by atoms with Crippen molar-refractivity contribution in [1.82, 2.24) is 19.4 Å². The molecule has 1 aliphatic heterocycles. The fraction of sp³-hybridized carbons (Fsp3) is 0.348. The van der Waals surface area contributed by atoms with Gasteiger partial charge in [0.2, 0.25) is 5.91 Å². The number of hydrogen-bond acceptors (Lipinski definition) is 4. The maximum atomic E-state index is 13.0. The van der Waals surface area contributed by atoms with Gasteiger partial charge in [0.25, 0.3) is 0 Å². The minimum absolute atomic E-state index is 0.0225. The molecule has 1 aromatic carbocycles. The number of likely N-dealkylation sites (tertiary alicyclic amines) is 1. The van der Waals surface area contributed by atoms with Gasteiger partial charge in [0.15, 0.2) is 0 Å². The number of pyridine rings is 1. The molecule has 150 valence electrons. The lowest BCUT2D eigenvalue weighted by atomic mass is 10.1. The smallest absolute Gasteiger partial charge is 0.227 e. The second kappa shape index (κ2) is 8.47. The lowest BCUT2D eigenvalue weighted by Crippen LogP contribution is -2.32. The van der Waals surface area contributed by atoms with E-state index in [2.05, 4.69) is 11.9 Å². The Labute approximate surface area is 171 Å². The second-order valence-corrected chi connectivity index (χ2v) is 7.26. The van der Waals surface area contributed by atoms with Gasteiger partial charge in [-0.25, -0.2) is 9.97 Å². The van der Waals surface area contributed by atoms with E-state index < -0.39 is 0 Å². The third kappa shape index (κ3) is 4.01. The lowest BCUT2D eigenvalue weighted by Gasteiger charge is -2.25. The summed E-state index contributed by atoms with van der Waals surface area (Å²) >= 11 is 0. The molecular formula is C23H26N4O2. The summed E-state index contributed by atoms with van der Waals surface area (Å²) in [6, 6.07) is 13.7. The summed E-state index contributed by atoms with van der Waals surface area (Å²) in [6.45, 7) is 2.86. The molecule has 6 nitrogen and oxygen atoms in total. The number of imidazole rings is 1. The summed E-state index contributed by atoms with van der Waals surface area (Å²) < 4.78 is 7.21. The largest absolute Gasteiger partial charge is 0.497 e. The van der Waals surface area contributed by atoms with Gasteiger partial charge in [-0.1, -0.05) is 25.1 Å². The van der Waals surface area contributed by atoms with Gasteiger partial charge in [-0.3, -0.25) is 9.36 Å². The molecule has 1 fully saturated rings. The molecule has 6 heteroatoms. The van der Waals surface area contributed by atoms with E-state index in [1.807, 2.05) is 58.1 Å². The Morgan fingerprint density at radius 3 is 2.79 bits per heavy atom. The van der Waals surface area contributed by atoms with E-state index in [4.69, 9.17) is 9.72 Å². The number of nitrogens with zero attached hydrogens (tertiary/aromatic N) is 4. The van der Waals surface area contributed by atoms with Gasteiger partial charge in [-0.15, -0.1) is 0 Å². The van der Waals surface area contributed by atoms with Gasteiger partial charge < -0.3 is 9.64 Å². The first-order valence-electron chi connectivity index (χ1n) is 10.1. The lowest BCUT2D eigenvalue weighted by molar-refractivity contribution is -0.131. The minimum atomic E-state index is 0.0225. The van der Waals surface area contributed by atoms with E-state index in [-0.39, 0.29) is 11.9 Å². The first kappa shape index (κ1) is 19.2. The molecule has 1 saturated heterocycles. The topological polar surface area (TPSA) is 60.2 Å². The molecule has 1 atom stereocenters. The maximum absolute atomic E-state index is 13.0. The average molecular weight is 390 g/mol. The monoisotopic (exact) mass is 390 g/mol. The second-order valence-electron chi connectivity index (χ2n) is 7.26. The van der Waals surface area contributed by atoms with Crippen molar-refractivity contribution in [2.45, 2.75) is 38.6 Å². The van der Waals surface area contributed by atoms with E-state index in [0.717, 1.165) is 54.5 Å². The zero-order chi connectivity index (χ0) is 20.2. The molecule has 0 unspecified atom stereocenters. The number of carbonyl (C=O) groups is 1. The summed E-state index contributed by atoms with van der Waals surface area (Å²) in [5.41, 5.74) is 1.94. The van der Waals surface area contributed by atoms with Crippen molar-refractivity contribution in [3.8, 4) is 11.6 Å². The number of amides is 1. The molecule has 1 aliphatic rings. The van der Waals surface area contributed by atoms with E-state index >= 15 is 0 Å². The zero-order valence-electron chi connectivity index (χ0n) is 16.9. The summed E-state index contributed by atoms with van der Waals surface area (Å²) in [6.07, 6.45) is 6.90. The van der Waals surface area contributed by atoms with Crippen molar-refractivity contribution in [1.29, 1.82) is 0 Å². The van der Waals surface area contributed by atoms with Crippen LogP contribution in [0.15, 0.2) is 54.9 Å². The van der Waals surface area contributed by atoms with E-state index in [1.54, 1.807) is 13.3 Å². The molecule has 2 aromatic heterocycles. The van der Waals surface area contributed by atoms with Crippen molar-refractivity contribution < 1.29 is 9.53 Å². The van der Waals surface area contributed by atoms with Crippen LogP contribution in [0.4, 0.5) is 0 Å². The minimum Gasteiger partial charge on any atom is -0.497 e. The zero-order valence-corrected chi connectivity index (χ0v) is 16.9. The quantitative estimate of drug-likeness (QED) is 0.643. The Kier molecular flexibility index (Phi) is 5.60. The number of hydrogen-bond donors (Lipinski definition) is 0. The molecule has 4 rings (SSSR count). The predicted molar refractivity (Wildman–Crippen MR) is 111 cm³/mol. The van der Waals surface area contributed by atoms with Gasteiger partial charge in [-0.05, 0) is 42.7 Å². The van der Waals surface area contributed by atoms with Crippen molar-refractivity contribution in [2.24, 2.45) is 0 Å². The number of carbonyl (C=O) groups excluding carboxylic acids is 1. The molecule has 0 spiro atoms. The number of methoxy groups -OCH3 is 1. The number of rotatable bonds is 6. The highest BCUT2D eigenvalue weighted by Gasteiger charge is 2.31. The first-order chi connectivity index (χ1) is 14.2. The van der Waals surface area contributed by atoms with Crippen molar-refractivity contribution in [2.75, 3.05) is 13.7 Å². The van der Waals surface area contributed by atoms with Crippen molar-refractivity contribution >= 4 is 5.91 Å². The van der Waals surface area contributed by atoms with Crippen LogP contribution in [-0.4, -0.2) is 39.0 Å². The Morgan fingerprint density at radius 2 is 2.03 bits per heavy atom. The Hall–Kier alpha value is -3.15. The summed E-state index contributed by atoms with van der Waals surface area (Å²) in [4.78, 5) is 24.3. The van der Waals surface area contributed by atoms with Crippen LogP contribution < -0.4 is 4.74 Å². The third-order valence-electron chi connectivity index (χ3n) is 5.47. The highest BCUT2D eigenvalue weighted by Crippen LogP contribution is 2.32. The molecule has 1 amide bonds. The van der Waals surface area contributed by atoms with E-state index in [0.29, 0.717) is 6.42 Å². The third-order valence-corrected chi connectivity index (χ3v) is 5.47. The molecule has 0 bridgehead atoms. The van der Waals surface area contributed by atoms with Crippen molar-refractivity contribution in [3.05, 3.63) is 71.9 Å². The van der Waals surface area contributed by atoms with Crippen LogP contribution in [0.5, 0.6) is 5.75 Å². The van der Waals surface area contributed by atoms with Crippen molar-refractivity contribution in [3.63, 3.8) is 0 Å². The molecule has 3 aromatic rings. The van der Waals surface area contributed by atoms with Gasteiger partial charge in [0.05, 0.1) is 25.3 Å². The van der Waals surface area contributed by atoms with Crippen LogP contribution in [-0.2, 0) is 17.6 Å². The highest BCUT2D eigenvalue weighted by molar-refractivity contribution is 5.79. The average Bonchev–Trinajstić information content (AvgIpc) is 3.44. The molecule has 0 aliphatic carbocycles. The SMILES string of the molecule is CCc1nccn1-c1cccc([C@@H]2CCCN2C(=O)Cc2ccc(OC)cc2)n1. The Bertz CT molecular complexity index is 981. The van der Waals surface area contributed by atoms with Crippen LogP contribution in [0.25, 0.3) is 5.82 Å². The van der Waals surface area contributed by atoms with Crippen LogP contribution in [0.1, 0.15) is 42.9 Å². The number of aromatic nitrogens is 3. The highest BCUT2D eigenvalue weighted by atomic mass is 16.5. The van der Waals surface area contributed by atoms with E-state index in [1.165, 1.54) is 0 Å². The molecule has 0 saturated carbocycles. The predicted octanol–water partition coefficient (Wildman–Crippen LogP) is 3.74. The molecule has 3 heterocycles. The normalized spacial score (nSPS) is 16.2. The van der Waals surface area contributed by atoms with Crippen LogP contribution in [0.2, 0.25) is 0 Å². The van der Waals surface area contributed by atoms with Gasteiger partial charge in [0, 0.05) is 25.4 Å². The first-order valence-corrected chi connectivity index (χ1v) is 10.1. The maximum Gasteiger partial charge on any atom is 0.227 e. The van der Waals surface area contributed by atoms with Crippen LogP contribution >= 0.6 is 0 Å². The van der Waals surface area contributed by atoms with Crippen LogP contribution in [0, 0.1) is 0 Å². The Morgan fingerprint density at radius 1 is 1.21 bits per heavy atom. The number of aryl methyl sites for hydroxylation is 1.